The summed E-state index contributed by atoms with van der Waals surface area (Å²) in [5.41, 5.74) is 2.30. The molecule has 6 nitrogen and oxygen atoms in total. The Labute approximate surface area is 121 Å². The molecule has 6 heteroatoms. The number of hydrogen-bond donors (Lipinski definition) is 1. The van der Waals surface area contributed by atoms with E-state index in [4.69, 9.17) is 5.26 Å². The van der Waals surface area contributed by atoms with Crippen molar-refractivity contribution in [3.63, 3.8) is 0 Å². The van der Waals surface area contributed by atoms with Crippen LogP contribution in [0.1, 0.15) is 5.56 Å². The zero-order valence-corrected chi connectivity index (χ0v) is 11.4. The summed E-state index contributed by atoms with van der Waals surface area (Å²) < 4.78 is 1.91. The number of benzene rings is 1. The van der Waals surface area contributed by atoms with Crippen LogP contribution in [0.15, 0.2) is 49.1 Å². The van der Waals surface area contributed by atoms with Gasteiger partial charge in [-0.3, -0.25) is 0 Å². The average molecular weight is 276 g/mol. The van der Waals surface area contributed by atoms with E-state index in [2.05, 4.69) is 26.3 Å². The SMILES string of the molecule is Cn1ccnc1-c1cnc(Nc2ccc(C#N)cc2)nc1. The lowest BCUT2D eigenvalue weighted by Crippen LogP contribution is -1.98. The molecule has 0 fully saturated rings. The standard InChI is InChI=1S/C15H12N6/c1-21-7-6-17-14(21)12-9-18-15(19-10-12)20-13-4-2-11(8-16)3-5-13/h2-7,9-10H,1H3,(H,18,19,20). The second-order valence-corrected chi connectivity index (χ2v) is 4.47. The number of nitrogens with one attached hydrogen (secondary N) is 1. The highest BCUT2D eigenvalue weighted by atomic mass is 15.1. The van der Waals surface area contributed by atoms with Crippen LogP contribution in [-0.4, -0.2) is 19.5 Å². The van der Waals surface area contributed by atoms with Gasteiger partial charge in [-0.2, -0.15) is 5.26 Å². The summed E-state index contributed by atoms with van der Waals surface area (Å²) in [7, 11) is 1.92. The van der Waals surface area contributed by atoms with Crippen LogP contribution >= 0.6 is 0 Å². The Morgan fingerprint density at radius 3 is 2.38 bits per heavy atom. The third kappa shape index (κ3) is 2.72. The molecule has 0 aliphatic carbocycles. The van der Waals surface area contributed by atoms with Gasteiger partial charge in [0.1, 0.15) is 5.82 Å². The molecule has 0 saturated heterocycles. The van der Waals surface area contributed by atoms with Crippen LogP contribution in [-0.2, 0) is 7.05 Å². The monoisotopic (exact) mass is 276 g/mol. The van der Waals surface area contributed by atoms with Gasteiger partial charge in [0, 0.05) is 37.5 Å². The van der Waals surface area contributed by atoms with Gasteiger partial charge in [0.25, 0.3) is 0 Å². The molecule has 1 N–H and O–H groups in total. The van der Waals surface area contributed by atoms with Crippen molar-refractivity contribution in [2.24, 2.45) is 7.05 Å². The van der Waals surface area contributed by atoms with Crippen LogP contribution in [0.5, 0.6) is 0 Å². The quantitative estimate of drug-likeness (QED) is 0.795. The molecular formula is C15H12N6. The van der Waals surface area contributed by atoms with Gasteiger partial charge in [0.15, 0.2) is 0 Å². The molecule has 2 heterocycles. The Bertz CT molecular complexity index is 780. The van der Waals surface area contributed by atoms with E-state index in [1.54, 1.807) is 30.7 Å². The highest BCUT2D eigenvalue weighted by Gasteiger charge is 2.05. The Kier molecular flexibility index (Phi) is 3.31. The fourth-order valence-corrected chi connectivity index (χ4v) is 1.91. The first-order chi connectivity index (χ1) is 10.3. The van der Waals surface area contributed by atoms with Crippen LogP contribution < -0.4 is 5.32 Å². The maximum Gasteiger partial charge on any atom is 0.227 e. The molecule has 3 aromatic rings. The van der Waals surface area contributed by atoms with E-state index in [1.165, 1.54) is 0 Å². The lowest BCUT2D eigenvalue weighted by atomic mass is 10.2. The second kappa shape index (κ2) is 5.43. The van der Waals surface area contributed by atoms with Gasteiger partial charge >= 0.3 is 0 Å². The van der Waals surface area contributed by atoms with Gasteiger partial charge in [-0.05, 0) is 24.3 Å². The van der Waals surface area contributed by atoms with Gasteiger partial charge in [0.05, 0.1) is 17.2 Å². The van der Waals surface area contributed by atoms with Crippen LogP contribution in [0.3, 0.4) is 0 Å². The smallest absolute Gasteiger partial charge is 0.227 e. The third-order valence-electron chi connectivity index (χ3n) is 3.00. The van der Waals surface area contributed by atoms with Crippen molar-refractivity contribution in [1.29, 1.82) is 5.26 Å². The van der Waals surface area contributed by atoms with Gasteiger partial charge in [-0.15, -0.1) is 0 Å². The number of hydrogen-bond acceptors (Lipinski definition) is 5. The summed E-state index contributed by atoms with van der Waals surface area (Å²) >= 11 is 0. The Hall–Kier alpha value is -3.20. The summed E-state index contributed by atoms with van der Waals surface area (Å²) in [4.78, 5) is 12.8. The van der Waals surface area contributed by atoms with Crippen LogP contribution in [0.2, 0.25) is 0 Å². The lowest BCUT2D eigenvalue weighted by molar-refractivity contribution is 0.921. The van der Waals surface area contributed by atoms with E-state index in [-0.39, 0.29) is 0 Å². The average Bonchev–Trinajstić information content (AvgIpc) is 2.95. The molecule has 0 radical (unpaired) electrons. The summed E-state index contributed by atoms with van der Waals surface area (Å²) in [5.74, 6) is 1.32. The number of aromatic nitrogens is 4. The van der Waals surface area contributed by atoms with E-state index in [9.17, 15) is 0 Å². The van der Waals surface area contributed by atoms with Crippen molar-refractivity contribution in [1.82, 2.24) is 19.5 Å². The van der Waals surface area contributed by atoms with Crippen LogP contribution in [0.4, 0.5) is 11.6 Å². The fourth-order valence-electron chi connectivity index (χ4n) is 1.91. The van der Waals surface area contributed by atoms with E-state index in [1.807, 2.05) is 29.9 Å². The van der Waals surface area contributed by atoms with Crippen molar-refractivity contribution in [2.75, 3.05) is 5.32 Å². The number of aryl methyl sites for hydroxylation is 1. The zero-order valence-electron chi connectivity index (χ0n) is 11.4. The van der Waals surface area contributed by atoms with Gasteiger partial charge < -0.3 is 9.88 Å². The van der Waals surface area contributed by atoms with E-state index < -0.39 is 0 Å². The molecule has 0 atom stereocenters. The largest absolute Gasteiger partial charge is 0.334 e. The van der Waals surface area contributed by atoms with E-state index >= 15 is 0 Å². The molecule has 2 aromatic heterocycles. The van der Waals surface area contributed by atoms with Crippen molar-refractivity contribution in [2.45, 2.75) is 0 Å². The number of nitriles is 1. The first-order valence-electron chi connectivity index (χ1n) is 6.33. The molecule has 0 aliphatic heterocycles. The third-order valence-corrected chi connectivity index (χ3v) is 3.00. The molecule has 0 aliphatic rings. The van der Waals surface area contributed by atoms with Crippen LogP contribution in [0.25, 0.3) is 11.4 Å². The fraction of sp³-hybridized carbons (Fsp3) is 0.0667. The molecule has 0 amide bonds. The minimum atomic E-state index is 0.498. The molecule has 3 rings (SSSR count). The van der Waals surface area contributed by atoms with Crippen molar-refractivity contribution in [3.05, 3.63) is 54.6 Å². The summed E-state index contributed by atoms with van der Waals surface area (Å²) in [6.45, 7) is 0. The molecule has 1 aromatic carbocycles. The van der Waals surface area contributed by atoms with Gasteiger partial charge in [-0.25, -0.2) is 15.0 Å². The number of imidazole rings is 1. The van der Waals surface area contributed by atoms with Crippen molar-refractivity contribution >= 4 is 11.6 Å². The number of anilines is 2. The molecular weight excluding hydrogens is 264 g/mol. The molecule has 0 bridgehead atoms. The molecule has 21 heavy (non-hydrogen) atoms. The Balaban J connectivity index is 1.78. The maximum absolute atomic E-state index is 8.76. The summed E-state index contributed by atoms with van der Waals surface area (Å²) in [6.07, 6.45) is 7.05. The van der Waals surface area contributed by atoms with Crippen molar-refractivity contribution < 1.29 is 0 Å². The highest BCUT2D eigenvalue weighted by Crippen LogP contribution is 2.17. The summed E-state index contributed by atoms with van der Waals surface area (Å²) in [5, 5.41) is 11.8. The van der Waals surface area contributed by atoms with Crippen molar-refractivity contribution in [3.8, 4) is 17.5 Å². The molecule has 0 saturated carbocycles. The molecule has 0 unspecified atom stereocenters. The lowest BCUT2D eigenvalue weighted by Gasteiger charge is -2.05. The van der Waals surface area contributed by atoms with E-state index in [0.29, 0.717) is 11.5 Å². The first-order valence-corrected chi connectivity index (χ1v) is 6.33. The molecule has 102 valence electrons. The molecule has 0 spiro atoms. The minimum absolute atomic E-state index is 0.498. The topological polar surface area (TPSA) is 79.4 Å². The minimum Gasteiger partial charge on any atom is -0.334 e. The Morgan fingerprint density at radius 1 is 1.10 bits per heavy atom. The predicted octanol–water partition coefficient (Wildman–Crippen LogP) is 2.49. The first kappa shape index (κ1) is 12.8. The highest BCUT2D eigenvalue weighted by molar-refractivity contribution is 5.57. The maximum atomic E-state index is 8.76. The number of rotatable bonds is 3. The Morgan fingerprint density at radius 2 is 1.81 bits per heavy atom. The normalized spacial score (nSPS) is 10.1. The number of nitrogens with zero attached hydrogens (tertiary/aromatic N) is 5. The van der Waals surface area contributed by atoms with Crippen LogP contribution in [0, 0.1) is 11.3 Å². The predicted molar refractivity (Wildman–Crippen MR) is 78.7 cm³/mol. The van der Waals surface area contributed by atoms with Gasteiger partial charge in [0.2, 0.25) is 5.95 Å². The second-order valence-electron chi connectivity index (χ2n) is 4.47. The summed E-state index contributed by atoms with van der Waals surface area (Å²) in [6, 6.07) is 9.19. The van der Waals surface area contributed by atoms with Gasteiger partial charge in [-0.1, -0.05) is 0 Å². The van der Waals surface area contributed by atoms with E-state index in [0.717, 1.165) is 17.1 Å². The zero-order chi connectivity index (χ0) is 14.7.